The van der Waals surface area contributed by atoms with Crippen molar-refractivity contribution in [3.8, 4) is 0 Å². The number of allylic oxidation sites excluding steroid dienone is 4. The SMILES string of the molecule is C.C.[C+]1=CC=CC1[PH+](c1ccccc1)[c-]1cccc1.[Sn]. The third kappa shape index (κ3) is 4.09. The van der Waals surface area contributed by atoms with E-state index in [1.165, 1.54) is 10.6 Å². The molecule has 2 aromatic carbocycles. The van der Waals surface area contributed by atoms with Crippen molar-refractivity contribution in [1.29, 1.82) is 0 Å². The van der Waals surface area contributed by atoms with Crippen LogP contribution in [-0.4, -0.2) is 29.6 Å². The number of benzene rings is 1. The van der Waals surface area contributed by atoms with Crippen LogP contribution in [0.1, 0.15) is 14.9 Å². The van der Waals surface area contributed by atoms with E-state index in [1.807, 2.05) is 6.08 Å². The van der Waals surface area contributed by atoms with Gasteiger partial charge in [-0.3, -0.25) is 0 Å². The molecule has 1 aliphatic rings. The molecule has 0 bridgehead atoms. The fourth-order valence-corrected chi connectivity index (χ4v) is 4.98. The second kappa shape index (κ2) is 9.18. The molecule has 0 saturated heterocycles. The standard InChI is InChI=1S/C16H14P.2CH4.Sn/c1-2-8-14(9-3-1)17(15-10-4-5-11-15)16-12-6-7-13-16;;;/h1-12,16-17H;2*1H4;/q+1;;;. The van der Waals surface area contributed by atoms with Gasteiger partial charge in [-0.1, -0.05) is 33.1 Å². The van der Waals surface area contributed by atoms with Crippen LogP contribution in [0.25, 0.3) is 0 Å². The molecule has 0 aromatic heterocycles. The molecule has 1 aliphatic carbocycles. The summed E-state index contributed by atoms with van der Waals surface area (Å²) in [4.78, 5) is 0. The van der Waals surface area contributed by atoms with Gasteiger partial charge in [-0.25, -0.2) is 12.1 Å². The summed E-state index contributed by atoms with van der Waals surface area (Å²) in [6.07, 6.45) is 9.88. The van der Waals surface area contributed by atoms with Crippen molar-refractivity contribution in [2.75, 3.05) is 0 Å². The second-order valence-electron chi connectivity index (χ2n) is 4.15. The van der Waals surface area contributed by atoms with Crippen LogP contribution in [0.2, 0.25) is 0 Å². The second-order valence-corrected chi connectivity index (χ2v) is 6.75. The van der Waals surface area contributed by atoms with Gasteiger partial charge in [0.05, 0.1) is 25.4 Å². The molecule has 0 amide bonds. The number of rotatable bonds is 3. The van der Waals surface area contributed by atoms with E-state index in [-0.39, 0.29) is 38.8 Å². The van der Waals surface area contributed by atoms with Crippen molar-refractivity contribution < 1.29 is 0 Å². The first-order valence-electron chi connectivity index (χ1n) is 5.85. The molecule has 0 aliphatic heterocycles. The van der Waals surface area contributed by atoms with Gasteiger partial charge < -0.3 is 0 Å². The molecule has 2 atom stereocenters. The summed E-state index contributed by atoms with van der Waals surface area (Å²) in [7, 11) is -0.764. The van der Waals surface area contributed by atoms with Crippen LogP contribution in [0, 0.1) is 6.08 Å². The predicted molar refractivity (Wildman–Crippen MR) is 96.0 cm³/mol. The Kier molecular flexibility index (Phi) is 8.81. The van der Waals surface area contributed by atoms with Gasteiger partial charge in [0.15, 0.2) is 6.08 Å². The Hall–Kier alpha value is -0.811. The summed E-state index contributed by atoms with van der Waals surface area (Å²) in [5, 5.41) is 2.93. The zero-order valence-corrected chi connectivity index (χ0v) is 13.9. The van der Waals surface area contributed by atoms with Crippen LogP contribution in [0.15, 0.2) is 72.8 Å². The Morgan fingerprint density at radius 2 is 1.60 bits per heavy atom. The Morgan fingerprint density at radius 3 is 2.15 bits per heavy atom. The molecule has 0 N–H and O–H groups in total. The minimum Gasteiger partial charge on any atom is -0.210 e. The van der Waals surface area contributed by atoms with E-state index < -0.39 is 7.92 Å². The largest absolute Gasteiger partial charge is 0.233 e. The molecule has 102 valence electrons. The van der Waals surface area contributed by atoms with Gasteiger partial charge in [0.1, 0.15) is 6.08 Å². The molecule has 0 spiro atoms. The van der Waals surface area contributed by atoms with Crippen LogP contribution in [0.5, 0.6) is 0 Å². The summed E-state index contributed by atoms with van der Waals surface area (Å²) in [5.74, 6) is 0. The maximum absolute atomic E-state index is 3.45. The fraction of sp³-hybridized carbons (Fsp3) is 0.167. The summed E-state index contributed by atoms with van der Waals surface area (Å²) >= 11 is 0. The molecule has 2 heteroatoms. The smallest absolute Gasteiger partial charge is 0.210 e. The van der Waals surface area contributed by atoms with Crippen molar-refractivity contribution in [2.45, 2.75) is 20.5 Å². The minimum absolute atomic E-state index is 0. The van der Waals surface area contributed by atoms with E-state index in [2.05, 4.69) is 72.8 Å². The van der Waals surface area contributed by atoms with E-state index in [0.29, 0.717) is 5.66 Å². The number of hydrogen-bond acceptors (Lipinski definition) is 0. The van der Waals surface area contributed by atoms with E-state index in [4.69, 9.17) is 0 Å². The topological polar surface area (TPSA) is 0 Å². The Bertz CT molecular complexity index is 514. The molecule has 0 heterocycles. The van der Waals surface area contributed by atoms with Crippen molar-refractivity contribution in [3.63, 3.8) is 0 Å². The summed E-state index contributed by atoms with van der Waals surface area (Å²) in [5.41, 5.74) is 0.463. The van der Waals surface area contributed by atoms with Crippen LogP contribution < -0.4 is 10.6 Å². The van der Waals surface area contributed by atoms with Crippen molar-refractivity contribution in [2.24, 2.45) is 0 Å². The molecule has 0 saturated carbocycles. The Labute approximate surface area is 141 Å². The molecule has 20 heavy (non-hydrogen) atoms. The van der Waals surface area contributed by atoms with Gasteiger partial charge in [-0.05, 0) is 17.4 Å². The fourth-order valence-electron chi connectivity index (χ4n) is 2.26. The van der Waals surface area contributed by atoms with E-state index in [9.17, 15) is 0 Å². The van der Waals surface area contributed by atoms with Crippen molar-refractivity contribution in [3.05, 3.63) is 78.9 Å². The van der Waals surface area contributed by atoms with Crippen LogP contribution in [0.3, 0.4) is 0 Å². The minimum atomic E-state index is -0.764. The number of hydrogen-bond donors (Lipinski definition) is 0. The average molecular weight is 388 g/mol. The van der Waals surface area contributed by atoms with Crippen molar-refractivity contribution in [1.82, 2.24) is 0 Å². The molecular formula is C18H22PSn+. The van der Waals surface area contributed by atoms with Crippen LogP contribution >= 0.6 is 7.92 Å². The van der Waals surface area contributed by atoms with E-state index in [0.717, 1.165) is 0 Å². The molecule has 4 radical (unpaired) electrons. The van der Waals surface area contributed by atoms with Gasteiger partial charge in [0.2, 0.25) is 5.66 Å². The Balaban J connectivity index is 0.00000120. The maximum atomic E-state index is 3.45. The van der Waals surface area contributed by atoms with Crippen molar-refractivity contribution >= 4 is 42.4 Å². The molecule has 2 unspecified atom stereocenters. The van der Waals surface area contributed by atoms with Gasteiger partial charge in [-0.2, -0.15) is 0 Å². The zero-order chi connectivity index (χ0) is 11.5. The average Bonchev–Trinajstić information content (AvgIpc) is 3.04. The summed E-state index contributed by atoms with van der Waals surface area (Å²) in [6, 6.07) is 19.6. The molecule has 0 fully saturated rings. The molecule has 0 nitrogen and oxygen atoms in total. The van der Waals surface area contributed by atoms with E-state index >= 15 is 0 Å². The summed E-state index contributed by atoms with van der Waals surface area (Å²) < 4.78 is 0. The monoisotopic (exact) mass is 389 g/mol. The Morgan fingerprint density at radius 1 is 0.950 bits per heavy atom. The van der Waals surface area contributed by atoms with Gasteiger partial charge in [0, 0.05) is 23.9 Å². The maximum Gasteiger partial charge on any atom is 0.233 e. The first-order valence-corrected chi connectivity index (χ1v) is 7.43. The zero-order valence-electron chi connectivity index (χ0n) is 10.0. The predicted octanol–water partition coefficient (Wildman–Crippen LogP) is 3.76. The van der Waals surface area contributed by atoms with Gasteiger partial charge >= 0.3 is 0 Å². The molecular weight excluding hydrogens is 366 g/mol. The summed E-state index contributed by atoms with van der Waals surface area (Å²) in [6.45, 7) is 0. The molecule has 3 rings (SSSR count). The molecule has 2 aromatic rings. The first-order chi connectivity index (χ1) is 8.45. The van der Waals surface area contributed by atoms with Gasteiger partial charge in [-0.15, -0.1) is 12.1 Å². The van der Waals surface area contributed by atoms with E-state index in [1.54, 1.807) is 0 Å². The van der Waals surface area contributed by atoms with Crippen LogP contribution in [-0.2, 0) is 0 Å². The van der Waals surface area contributed by atoms with Gasteiger partial charge in [0.25, 0.3) is 0 Å². The normalized spacial score (nSPS) is 16.3. The first kappa shape index (κ1) is 19.2. The third-order valence-corrected chi connectivity index (χ3v) is 5.94. The van der Waals surface area contributed by atoms with Crippen LogP contribution in [0.4, 0.5) is 0 Å². The third-order valence-electron chi connectivity index (χ3n) is 3.05. The quantitative estimate of drug-likeness (QED) is 0.427.